The molecule has 0 spiro atoms. The molecule has 1 N–H and O–H groups in total. The normalized spacial score (nSPS) is 10.6. The first-order chi connectivity index (χ1) is 14.2. The van der Waals surface area contributed by atoms with Crippen LogP contribution in [0, 0.1) is 12.7 Å². The summed E-state index contributed by atoms with van der Waals surface area (Å²) in [6.07, 6.45) is 4.47. The molecule has 0 fully saturated rings. The summed E-state index contributed by atoms with van der Waals surface area (Å²) in [5.41, 5.74) is 2.76. The van der Waals surface area contributed by atoms with E-state index >= 15 is 0 Å². The minimum Gasteiger partial charge on any atom is -0.506 e. The van der Waals surface area contributed by atoms with Crippen molar-refractivity contribution >= 4 is 33.8 Å². The molecule has 0 heterocycles. The molecular weight excluding hydrogens is 419 g/mol. The van der Waals surface area contributed by atoms with E-state index in [4.69, 9.17) is 0 Å². The van der Waals surface area contributed by atoms with Crippen molar-refractivity contribution in [1.82, 2.24) is 0 Å². The number of halogens is 1. The molecule has 6 heteroatoms. The molecule has 0 aromatic heterocycles. The molecule has 0 saturated heterocycles. The highest BCUT2D eigenvalue weighted by molar-refractivity contribution is 7.99. The first kappa shape index (κ1) is 23.4. The number of phenols is 1. The first-order valence-corrected chi connectivity index (χ1v) is 11.7. The van der Waals surface area contributed by atoms with Gasteiger partial charge in [-0.05, 0) is 54.4 Å². The Labute approximate surface area is 181 Å². The summed E-state index contributed by atoms with van der Waals surface area (Å²) in [5.74, 6) is -0.266. The quantitative estimate of drug-likeness (QED) is 0.499. The van der Waals surface area contributed by atoms with E-state index in [-0.39, 0.29) is 10.6 Å². The van der Waals surface area contributed by atoms with Crippen LogP contribution in [0.3, 0.4) is 0 Å². The molecule has 0 bridgehead atoms. The lowest BCUT2D eigenvalue weighted by Crippen LogP contribution is -1.96. The largest absolute Gasteiger partial charge is 0.506 e. The maximum absolute atomic E-state index is 12.4. The van der Waals surface area contributed by atoms with Crippen molar-refractivity contribution in [2.24, 2.45) is 0 Å². The number of aromatic hydroxyl groups is 1. The summed E-state index contributed by atoms with van der Waals surface area (Å²) in [5, 5.41) is 10.3. The van der Waals surface area contributed by atoms with E-state index in [0.717, 1.165) is 38.8 Å². The Morgan fingerprint density at radius 3 is 2.10 bits per heavy atom. The highest BCUT2D eigenvalue weighted by Gasteiger charge is 2.12. The smallest absolute Gasteiger partial charge is 0.175 e. The summed E-state index contributed by atoms with van der Waals surface area (Å²) in [6, 6.07) is 16.9. The van der Waals surface area contributed by atoms with E-state index in [1.54, 1.807) is 23.9 Å². The number of hydrogen-bond acceptors (Lipinski definition) is 4. The van der Waals surface area contributed by atoms with Gasteiger partial charge < -0.3 is 5.11 Å². The maximum Gasteiger partial charge on any atom is 0.175 e. The van der Waals surface area contributed by atoms with E-state index in [0.29, 0.717) is 0 Å². The van der Waals surface area contributed by atoms with Crippen LogP contribution in [0.4, 0.5) is 4.39 Å². The molecule has 3 nitrogen and oxygen atoms in total. The molecule has 156 valence electrons. The van der Waals surface area contributed by atoms with Crippen molar-refractivity contribution in [3.8, 4) is 5.75 Å². The molecule has 3 aromatic carbocycles. The van der Waals surface area contributed by atoms with Crippen LogP contribution >= 0.6 is 11.8 Å². The van der Waals surface area contributed by atoms with Crippen molar-refractivity contribution in [3.05, 3.63) is 96.3 Å². The Morgan fingerprint density at radius 2 is 1.60 bits per heavy atom. The standard InChI is InChI=1S/C17H16OS.C7H7FO2S/c1-4-14-12(3)11-16(17(18)15(14)5-2)19-13-9-7-6-8-10-13;1-11(9,10)7-4-2-3-6(8)5-7/h4-11,18H,1-2H2,3H3;2-5H,1H3. The van der Waals surface area contributed by atoms with Crippen LogP contribution in [-0.2, 0) is 9.84 Å². The average molecular weight is 443 g/mol. The van der Waals surface area contributed by atoms with Gasteiger partial charge in [-0.2, -0.15) is 0 Å². The Kier molecular flexibility index (Phi) is 8.03. The van der Waals surface area contributed by atoms with Crippen LogP contribution in [-0.4, -0.2) is 19.8 Å². The van der Waals surface area contributed by atoms with Crippen molar-refractivity contribution in [2.45, 2.75) is 21.6 Å². The van der Waals surface area contributed by atoms with Gasteiger partial charge in [0.1, 0.15) is 11.6 Å². The summed E-state index contributed by atoms with van der Waals surface area (Å²) >= 11 is 1.55. The fourth-order valence-electron chi connectivity index (χ4n) is 2.68. The second kappa shape index (κ2) is 10.3. The van der Waals surface area contributed by atoms with Crippen molar-refractivity contribution in [2.75, 3.05) is 6.26 Å². The van der Waals surface area contributed by atoms with Crippen LogP contribution in [0.15, 0.2) is 88.5 Å². The zero-order chi connectivity index (χ0) is 22.3. The van der Waals surface area contributed by atoms with Crippen LogP contribution < -0.4 is 0 Å². The average Bonchev–Trinajstić information content (AvgIpc) is 2.71. The Morgan fingerprint density at radius 1 is 0.967 bits per heavy atom. The minimum absolute atomic E-state index is 0.0116. The predicted octanol–water partition coefficient (Wildman–Crippen LogP) is 6.37. The van der Waals surface area contributed by atoms with E-state index in [1.165, 1.54) is 18.2 Å². The Bertz CT molecular complexity index is 1150. The first-order valence-electron chi connectivity index (χ1n) is 8.97. The van der Waals surface area contributed by atoms with Gasteiger partial charge in [-0.1, -0.05) is 61.3 Å². The van der Waals surface area contributed by atoms with Crippen LogP contribution in [0.1, 0.15) is 16.7 Å². The molecule has 0 aliphatic rings. The van der Waals surface area contributed by atoms with Gasteiger partial charge in [-0.3, -0.25) is 0 Å². The Balaban J connectivity index is 0.000000248. The minimum atomic E-state index is -3.27. The highest BCUT2D eigenvalue weighted by Crippen LogP contribution is 2.40. The summed E-state index contributed by atoms with van der Waals surface area (Å²) in [7, 11) is -3.27. The summed E-state index contributed by atoms with van der Waals surface area (Å²) < 4.78 is 34.1. The third kappa shape index (κ3) is 6.08. The topological polar surface area (TPSA) is 54.4 Å². The van der Waals surface area contributed by atoms with Crippen LogP contribution in [0.2, 0.25) is 0 Å². The molecule has 0 atom stereocenters. The lowest BCUT2D eigenvalue weighted by molar-refractivity contribution is 0.460. The van der Waals surface area contributed by atoms with Crippen molar-refractivity contribution < 1.29 is 17.9 Å². The number of sulfone groups is 1. The molecule has 3 aromatic rings. The number of rotatable bonds is 5. The fraction of sp³-hybridized carbons (Fsp3) is 0.0833. The third-order valence-electron chi connectivity index (χ3n) is 4.15. The van der Waals surface area contributed by atoms with Gasteiger partial charge in [0.25, 0.3) is 0 Å². The maximum atomic E-state index is 12.4. The summed E-state index contributed by atoms with van der Waals surface area (Å²) in [4.78, 5) is 1.94. The molecule has 0 amide bonds. The van der Waals surface area contributed by atoms with Gasteiger partial charge in [0.2, 0.25) is 0 Å². The highest BCUT2D eigenvalue weighted by atomic mass is 32.2. The number of benzene rings is 3. The molecule has 0 aliphatic heterocycles. The monoisotopic (exact) mass is 442 g/mol. The molecule has 0 radical (unpaired) electrons. The molecule has 0 saturated carbocycles. The van der Waals surface area contributed by atoms with Gasteiger partial charge in [0.15, 0.2) is 9.84 Å². The number of aryl methyl sites for hydroxylation is 1. The molecule has 30 heavy (non-hydrogen) atoms. The predicted molar refractivity (Wildman–Crippen MR) is 123 cm³/mol. The SMILES string of the molecule is C=Cc1c(C)cc(Sc2ccccc2)c(O)c1C=C.CS(=O)(=O)c1cccc(F)c1. The van der Waals surface area contributed by atoms with Crippen molar-refractivity contribution in [1.29, 1.82) is 0 Å². The molecular formula is C24H23FO3S2. The van der Waals surface area contributed by atoms with E-state index in [9.17, 15) is 17.9 Å². The van der Waals surface area contributed by atoms with Crippen LogP contribution in [0.25, 0.3) is 12.2 Å². The number of hydrogen-bond donors (Lipinski definition) is 1. The van der Waals surface area contributed by atoms with Gasteiger partial charge in [0, 0.05) is 16.7 Å². The van der Waals surface area contributed by atoms with E-state index < -0.39 is 15.7 Å². The zero-order valence-electron chi connectivity index (χ0n) is 16.8. The van der Waals surface area contributed by atoms with Gasteiger partial charge in [0.05, 0.1) is 9.79 Å². The lowest BCUT2D eigenvalue weighted by atomic mass is 10.0. The molecule has 0 unspecified atom stereocenters. The third-order valence-corrected chi connectivity index (χ3v) is 6.30. The van der Waals surface area contributed by atoms with Gasteiger partial charge >= 0.3 is 0 Å². The number of phenolic OH excluding ortho intramolecular Hbond substituents is 1. The summed E-state index contributed by atoms with van der Waals surface area (Å²) in [6.45, 7) is 9.57. The van der Waals surface area contributed by atoms with E-state index in [2.05, 4.69) is 13.2 Å². The lowest BCUT2D eigenvalue weighted by Gasteiger charge is -2.13. The zero-order valence-corrected chi connectivity index (χ0v) is 18.4. The Hall–Kier alpha value is -2.83. The van der Waals surface area contributed by atoms with Gasteiger partial charge in [-0.15, -0.1) is 0 Å². The second-order valence-electron chi connectivity index (χ2n) is 6.42. The second-order valence-corrected chi connectivity index (χ2v) is 9.55. The van der Waals surface area contributed by atoms with Crippen LogP contribution in [0.5, 0.6) is 5.75 Å². The molecule has 3 rings (SSSR count). The van der Waals surface area contributed by atoms with E-state index in [1.807, 2.05) is 43.3 Å². The van der Waals surface area contributed by atoms with Gasteiger partial charge in [-0.25, -0.2) is 12.8 Å². The fourth-order valence-corrected chi connectivity index (χ4v) is 4.33. The molecule has 0 aliphatic carbocycles. The van der Waals surface area contributed by atoms with Crippen molar-refractivity contribution in [3.63, 3.8) is 0 Å².